The van der Waals surface area contributed by atoms with Crippen molar-refractivity contribution in [2.45, 2.75) is 6.92 Å². The first-order valence-electron chi connectivity index (χ1n) is 2.17. The summed E-state index contributed by atoms with van der Waals surface area (Å²) in [5.74, 6) is -0.0255. The Morgan fingerprint density at radius 2 is 1.58 bits per heavy atom. The van der Waals surface area contributed by atoms with Crippen LogP contribution in [0, 0.1) is 0 Å². The van der Waals surface area contributed by atoms with Crippen LogP contribution >= 0.6 is 0 Å². The number of allylic oxidation sites excluding steroid dienone is 1. The molecule has 0 saturated carbocycles. The molecule has 0 amide bonds. The van der Waals surface area contributed by atoms with E-state index in [1.807, 2.05) is 0 Å². The van der Waals surface area contributed by atoms with Crippen molar-refractivity contribution in [2.75, 3.05) is 6.54 Å². The molecule has 0 atom stereocenters. The maximum atomic E-state index is 10.2. The van der Waals surface area contributed by atoms with E-state index >= 15 is 0 Å². The standard InChI is InChI=1S/C5H9NO.4FH.Sb/c1-2-3-5(7)4-6;;;;;/h2-3H,4,6H2,1H3;4*1H;/p-4. The van der Waals surface area contributed by atoms with Gasteiger partial charge in [0.1, 0.15) is 0 Å². The summed E-state index contributed by atoms with van der Waals surface area (Å²) in [7, 11) is 0. The molecule has 0 aromatic rings. The molecule has 0 aromatic carbocycles. The first kappa shape index (κ1) is 40.6. The molecular weight excluding hydrogens is 288 g/mol. The van der Waals surface area contributed by atoms with E-state index in [1.165, 1.54) is 6.08 Å². The van der Waals surface area contributed by atoms with Crippen molar-refractivity contribution in [3.8, 4) is 0 Å². The van der Waals surface area contributed by atoms with E-state index in [0.29, 0.717) is 0 Å². The molecule has 0 spiro atoms. The fraction of sp³-hybridized carbons (Fsp3) is 0.400. The zero-order valence-corrected chi connectivity index (χ0v) is 8.86. The van der Waals surface area contributed by atoms with Gasteiger partial charge in [-0.1, -0.05) is 6.08 Å². The minimum Gasteiger partial charge on any atom is -1.00 e. The second-order valence-electron chi connectivity index (χ2n) is 1.17. The molecule has 0 aliphatic rings. The molecule has 0 aliphatic heterocycles. The monoisotopic (exact) mass is 296 g/mol. The first-order chi connectivity index (χ1) is 3.31. The van der Waals surface area contributed by atoms with Gasteiger partial charge in [0, 0.05) is 24.4 Å². The van der Waals surface area contributed by atoms with E-state index in [0.717, 1.165) is 0 Å². The average Bonchev–Trinajstić information content (AvgIpc) is 1.68. The second-order valence-corrected chi connectivity index (χ2v) is 1.17. The summed E-state index contributed by atoms with van der Waals surface area (Å²) in [5, 5.41) is 0. The SMILES string of the molecule is CC=CC(=O)CN.[F-].[F-].[F-].[F-].[Sb]. The van der Waals surface area contributed by atoms with Crippen molar-refractivity contribution in [1.29, 1.82) is 0 Å². The molecule has 2 nitrogen and oxygen atoms in total. The minimum absolute atomic E-state index is 0. The third kappa shape index (κ3) is 32.6. The molecule has 7 heteroatoms. The van der Waals surface area contributed by atoms with Gasteiger partial charge in [-0.25, -0.2) is 0 Å². The summed E-state index contributed by atoms with van der Waals surface area (Å²) in [6.07, 6.45) is 3.13. The van der Waals surface area contributed by atoms with E-state index < -0.39 is 0 Å². The van der Waals surface area contributed by atoms with Crippen molar-refractivity contribution in [3.05, 3.63) is 12.2 Å². The molecule has 12 heavy (non-hydrogen) atoms. The number of halogens is 4. The third-order valence-corrected chi connectivity index (χ3v) is 0.554. The second kappa shape index (κ2) is 30.7. The van der Waals surface area contributed by atoms with Crippen LogP contribution in [0.25, 0.3) is 0 Å². The Morgan fingerprint density at radius 3 is 1.67 bits per heavy atom. The van der Waals surface area contributed by atoms with Crippen molar-refractivity contribution in [1.82, 2.24) is 0 Å². The Hall–Kier alpha value is -0.0918. The number of hydrogen-bond donors (Lipinski definition) is 1. The largest absolute Gasteiger partial charge is 1.00 e. The van der Waals surface area contributed by atoms with Crippen LogP contribution < -0.4 is 24.6 Å². The summed E-state index contributed by atoms with van der Waals surface area (Å²) in [6, 6.07) is 0. The van der Waals surface area contributed by atoms with Crippen molar-refractivity contribution in [2.24, 2.45) is 5.73 Å². The molecule has 0 aromatic heterocycles. The smallest absolute Gasteiger partial charge is 0.168 e. The van der Waals surface area contributed by atoms with Gasteiger partial charge in [-0.2, -0.15) is 0 Å². The predicted molar refractivity (Wildman–Crippen MR) is 34.6 cm³/mol. The van der Waals surface area contributed by atoms with Gasteiger partial charge in [-0.3, -0.25) is 4.79 Å². The number of rotatable bonds is 2. The summed E-state index contributed by atoms with van der Waals surface area (Å²) < 4.78 is 0. The van der Waals surface area contributed by atoms with E-state index in [9.17, 15) is 4.79 Å². The molecule has 0 bridgehead atoms. The Bertz CT molecular complexity index is 101. The molecule has 0 rings (SSSR count). The van der Waals surface area contributed by atoms with Gasteiger partial charge in [-0.05, 0) is 13.0 Å². The normalized spacial score (nSPS) is 5.83. The number of nitrogens with two attached hydrogens (primary N) is 1. The summed E-state index contributed by atoms with van der Waals surface area (Å²) >= 11 is 0. The molecule has 3 radical (unpaired) electrons. The molecule has 0 saturated heterocycles. The van der Waals surface area contributed by atoms with Crippen molar-refractivity contribution >= 4 is 30.2 Å². The number of carbonyl (C=O) groups is 1. The van der Waals surface area contributed by atoms with Crippen LogP contribution in [0.4, 0.5) is 0 Å². The molecule has 0 aliphatic carbocycles. The van der Waals surface area contributed by atoms with Crippen molar-refractivity contribution < 1.29 is 23.6 Å². The summed E-state index contributed by atoms with van der Waals surface area (Å²) in [6.45, 7) is 1.90. The van der Waals surface area contributed by atoms with E-state index in [2.05, 4.69) is 0 Å². The topological polar surface area (TPSA) is 43.1 Å². The van der Waals surface area contributed by atoms with Crippen LogP contribution in [0.3, 0.4) is 0 Å². The fourth-order valence-electron chi connectivity index (χ4n) is 0.254. The zero-order valence-electron chi connectivity index (χ0n) is 6.31. The van der Waals surface area contributed by atoms with Crippen LogP contribution in [0.5, 0.6) is 0 Å². The Kier molecular flexibility index (Phi) is 104. The average molecular weight is 297 g/mol. The van der Waals surface area contributed by atoms with E-state index in [-0.39, 0.29) is 55.6 Å². The molecule has 0 unspecified atom stereocenters. The Morgan fingerprint density at radius 1 is 1.25 bits per heavy atom. The molecule has 0 fully saturated rings. The van der Waals surface area contributed by atoms with Gasteiger partial charge in [0.2, 0.25) is 0 Å². The summed E-state index contributed by atoms with van der Waals surface area (Å²) in [5.41, 5.74) is 4.96. The third-order valence-electron chi connectivity index (χ3n) is 0.554. The van der Waals surface area contributed by atoms with Gasteiger partial charge in [-0.15, -0.1) is 0 Å². The van der Waals surface area contributed by atoms with Crippen LogP contribution in [-0.2, 0) is 4.79 Å². The van der Waals surface area contributed by atoms with Crippen LogP contribution in [-0.4, -0.2) is 36.8 Å². The number of ketones is 1. The van der Waals surface area contributed by atoms with Gasteiger partial charge < -0.3 is 24.6 Å². The van der Waals surface area contributed by atoms with Gasteiger partial charge in [0.25, 0.3) is 0 Å². The maximum Gasteiger partial charge on any atom is 0.168 e. The van der Waals surface area contributed by atoms with Gasteiger partial charge >= 0.3 is 0 Å². The predicted octanol–water partition coefficient (Wildman–Crippen LogP) is -12.3. The Balaban J connectivity index is -0.0000000180. The van der Waals surface area contributed by atoms with Crippen LogP contribution in [0.2, 0.25) is 0 Å². The molecule has 0 heterocycles. The molecule has 77 valence electrons. The van der Waals surface area contributed by atoms with E-state index in [4.69, 9.17) is 5.73 Å². The maximum absolute atomic E-state index is 10.2. The quantitative estimate of drug-likeness (QED) is 0.312. The molecular formula is C5H9F4NOSb-4. The number of hydrogen-bond acceptors (Lipinski definition) is 2. The van der Waals surface area contributed by atoms with Gasteiger partial charge in [0.15, 0.2) is 5.78 Å². The minimum atomic E-state index is -0.0255. The number of carbonyl (C=O) groups excluding carboxylic acids is 1. The first-order valence-corrected chi connectivity index (χ1v) is 2.17. The van der Waals surface area contributed by atoms with E-state index in [1.54, 1.807) is 13.0 Å². The summed E-state index contributed by atoms with van der Waals surface area (Å²) in [4.78, 5) is 10.2. The fourth-order valence-corrected chi connectivity index (χ4v) is 0.254. The van der Waals surface area contributed by atoms with Crippen molar-refractivity contribution in [3.63, 3.8) is 0 Å². The Labute approximate surface area is 85.5 Å². The van der Waals surface area contributed by atoms with Crippen LogP contribution in [0.1, 0.15) is 6.92 Å². The zero-order chi connectivity index (χ0) is 5.70. The van der Waals surface area contributed by atoms with Gasteiger partial charge in [0.05, 0.1) is 6.54 Å². The van der Waals surface area contributed by atoms with Crippen LogP contribution in [0.15, 0.2) is 12.2 Å². The molecule has 2 N–H and O–H groups in total.